The summed E-state index contributed by atoms with van der Waals surface area (Å²) in [6.45, 7) is 4.10. The average Bonchev–Trinajstić information content (AvgIpc) is 3.25. The molecule has 10 heteroatoms. The fourth-order valence-corrected chi connectivity index (χ4v) is 4.16. The Labute approximate surface area is 199 Å². The summed E-state index contributed by atoms with van der Waals surface area (Å²) in [4.78, 5) is 13.1. The number of anilines is 2. The van der Waals surface area contributed by atoms with E-state index in [0.717, 1.165) is 17.3 Å². The van der Waals surface area contributed by atoms with Crippen molar-refractivity contribution < 1.29 is 17.6 Å². The number of hydrogen-bond acceptors (Lipinski definition) is 5. The van der Waals surface area contributed by atoms with E-state index in [4.69, 9.17) is 4.98 Å². The number of alkyl halides is 3. The van der Waals surface area contributed by atoms with E-state index >= 15 is 0 Å². The van der Waals surface area contributed by atoms with E-state index in [2.05, 4.69) is 10.1 Å². The van der Waals surface area contributed by atoms with Crippen molar-refractivity contribution in [3.63, 3.8) is 0 Å². The smallest absolute Gasteiger partial charge is 0.368 e. The zero-order chi connectivity index (χ0) is 24.6. The van der Waals surface area contributed by atoms with Crippen molar-refractivity contribution in [2.75, 3.05) is 36.0 Å². The van der Waals surface area contributed by atoms with Gasteiger partial charge in [-0.25, -0.2) is 19.0 Å². The van der Waals surface area contributed by atoms with Gasteiger partial charge < -0.3 is 9.80 Å². The molecule has 2 aromatic heterocycles. The molecule has 1 aliphatic heterocycles. The van der Waals surface area contributed by atoms with Gasteiger partial charge in [-0.05, 0) is 49.4 Å². The molecule has 0 unspecified atom stereocenters. The second kappa shape index (κ2) is 9.01. The Balaban J connectivity index is 1.32. The second-order valence-corrected chi connectivity index (χ2v) is 8.32. The summed E-state index contributed by atoms with van der Waals surface area (Å²) >= 11 is 0. The molecule has 1 aliphatic rings. The van der Waals surface area contributed by atoms with Crippen LogP contribution in [0.15, 0.2) is 67.0 Å². The van der Waals surface area contributed by atoms with Gasteiger partial charge in [0.1, 0.15) is 5.82 Å². The SMILES string of the molecule is Cc1nn(-c2cccc(F)c2)cc1-c1ccnc(N2CCN(c3cccc(C(F)(F)F)c3)CC2)n1. The van der Waals surface area contributed by atoms with Gasteiger partial charge in [0.15, 0.2) is 0 Å². The molecule has 0 radical (unpaired) electrons. The van der Waals surface area contributed by atoms with Gasteiger partial charge in [0.25, 0.3) is 0 Å². The van der Waals surface area contributed by atoms with Gasteiger partial charge in [-0.2, -0.15) is 18.3 Å². The third-order valence-electron chi connectivity index (χ3n) is 5.99. The molecule has 0 atom stereocenters. The number of halogens is 4. The van der Waals surface area contributed by atoms with Crippen LogP contribution < -0.4 is 9.80 Å². The minimum atomic E-state index is -4.37. The normalized spacial score (nSPS) is 14.4. The molecule has 3 heterocycles. The van der Waals surface area contributed by atoms with Gasteiger partial charge in [-0.15, -0.1) is 0 Å². The van der Waals surface area contributed by atoms with Crippen molar-refractivity contribution >= 4 is 11.6 Å². The average molecular weight is 482 g/mol. The molecular formula is C25H22F4N6. The van der Waals surface area contributed by atoms with Crippen molar-refractivity contribution in [2.24, 2.45) is 0 Å². The molecule has 0 spiro atoms. The van der Waals surface area contributed by atoms with E-state index < -0.39 is 11.7 Å². The molecule has 5 rings (SSSR count). The molecule has 6 nitrogen and oxygen atoms in total. The van der Waals surface area contributed by atoms with Crippen LogP contribution in [0.25, 0.3) is 16.9 Å². The van der Waals surface area contributed by atoms with Gasteiger partial charge >= 0.3 is 6.18 Å². The number of aromatic nitrogens is 4. The summed E-state index contributed by atoms with van der Waals surface area (Å²) in [5.74, 6) is 0.204. The fourth-order valence-electron chi connectivity index (χ4n) is 4.16. The second-order valence-electron chi connectivity index (χ2n) is 8.32. The maximum Gasteiger partial charge on any atom is 0.416 e. The van der Waals surface area contributed by atoms with Gasteiger partial charge in [0.05, 0.1) is 22.6 Å². The summed E-state index contributed by atoms with van der Waals surface area (Å²) in [6.07, 6.45) is -0.885. The highest BCUT2D eigenvalue weighted by Crippen LogP contribution is 2.32. The summed E-state index contributed by atoms with van der Waals surface area (Å²) in [5, 5.41) is 4.50. The molecule has 1 saturated heterocycles. The van der Waals surface area contributed by atoms with Gasteiger partial charge in [0.2, 0.25) is 5.95 Å². The van der Waals surface area contributed by atoms with Crippen molar-refractivity contribution in [2.45, 2.75) is 13.1 Å². The Kier molecular flexibility index (Phi) is 5.88. The fraction of sp³-hybridized carbons (Fsp3) is 0.240. The summed E-state index contributed by atoms with van der Waals surface area (Å²) < 4.78 is 54.5. The summed E-state index contributed by atoms with van der Waals surface area (Å²) in [6, 6.07) is 13.4. The lowest BCUT2D eigenvalue weighted by molar-refractivity contribution is -0.137. The monoisotopic (exact) mass is 482 g/mol. The van der Waals surface area contributed by atoms with Crippen LogP contribution in [0, 0.1) is 12.7 Å². The van der Waals surface area contributed by atoms with E-state index in [0.29, 0.717) is 49.2 Å². The van der Waals surface area contributed by atoms with Gasteiger partial charge in [-0.3, -0.25) is 0 Å². The first-order chi connectivity index (χ1) is 16.8. The van der Waals surface area contributed by atoms with Crippen LogP contribution in [-0.2, 0) is 6.18 Å². The molecule has 4 aromatic rings. The summed E-state index contributed by atoms with van der Waals surface area (Å²) in [7, 11) is 0. The minimum absolute atomic E-state index is 0.342. The van der Waals surface area contributed by atoms with E-state index in [-0.39, 0.29) is 5.82 Å². The third kappa shape index (κ3) is 4.82. The predicted octanol–water partition coefficient (Wildman–Crippen LogP) is 5.12. The topological polar surface area (TPSA) is 50.1 Å². The zero-order valence-electron chi connectivity index (χ0n) is 18.9. The molecule has 0 N–H and O–H groups in total. The number of rotatable bonds is 4. The van der Waals surface area contributed by atoms with Crippen LogP contribution >= 0.6 is 0 Å². The predicted molar refractivity (Wildman–Crippen MR) is 125 cm³/mol. The molecule has 0 saturated carbocycles. The maximum absolute atomic E-state index is 13.6. The molecule has 0 bridgehead atoms. The van der Waals surface area contributed by atoms with Crippen molar-refractivity contribution in [3.8, 4) is 16.9 Å². The molecule has 0 aliphatic carbocycles. The van der Waals surface area contributed by atoms with Crippen LogP contribution in [0.5, 0.6) is 0 Å². The summed E-state index contributed by atoms with van der Waals surface area (Å²) in [5.41, 5.74) is 2.75. The maximum atomic E-state index is 13.6. The quantitative estimate of drug-likeness (QED) is 0.378. The Morgan fingerprint density at radius 3 is 2.31 bits per heavy atom. The molecule has 35 heavy (non-hydrogen) atoms. The highest BCUT2D eigenvalue weighted by molar-refractivity contribution is 5.63. The number of aryl methyl sites for hydroxylation is 1. The van der Waals surface area contributed by atoms with E-state index in [1.54, 1.807) is 35.1 Å². The Morgan fingerprint density at radius 1 is 0.857 bits per heavy atom. The lowest BCUT2D eigenvalue weighted by Crippen LogP contribution is -2.47. The zero-order valence-corrected chi connectivity index (χ0v) is 18.9. The standard InChI is InChI=1S/C25H22F4N6/c1-17-22(16-35(32-17)21-7-3-5-19(26)15-21)23-8-9-30-24(31-23)34-12-10-33(11-13-34)20-6-2-4-18(14-20)25(27,28)29/h2-9,14-16H,10-13H2,1H3. The van der Waals surface area contributed by atoms with Crippen molar-refractivity contribution in [1.82, 2.24) is 19.7 Å². The van der Waals surface area contributed by atoms with Gasteiger partial charge in [0, 0.05) is 49.8 Å². The first-order valence-electron chi connectivity index (χ1n) is 11.1. The first kappa shape index (κ1) is 22.8. The molecule has 1 fully saturated rings. The molecule has 180 valence electrons. The van der Waals surface area contributed by atoms with Crippen LogP contribution in [-0.4, -0.2) is 45.9 Å². The first-order valence-corrected chi connectivity index (χ1v) is 11.1. The van der Waals surface area contributed by atoms with Crippen LogP contribution in [0.1, 0.15) is 11.3 Å². The highest BCUT2D eigenvalue weighted by Gasteiger charge is 2.31. The highest BCUT2D eigenvalue weighted by atomic mass is 19.4. The van der Waals surface area contributed by atoms with Gasteiger partial charge in [-0.1, -0.05) is 12.1 Å². The Morgan fingerprint density at radius 2 is 1.57 bits per heavy atom. The third-order valence-corrected chi connectivity index (χ3v) is 5.99. The van der Waals surface area contributed by atoms with Crippen LogP contribution in [0.3, 0.4) is 0 Å². The van der Waals surface area contributed by atoms with Crippen LogP contribution in [0.4, 0.5) is 29.2 Å². The molecular weight excluding hydrogens is 460 g/mol. The van der Waals surface area contributed by atoms with Crippen molar-refractivity contribution in [1.29, 1.82) is 0 Å². The molecule has 0 amide bonds. The van der Waals surface area contributed by atoms with E-state index in [9.17, 15) is 17.6 Å². The minimum Gasteiger partial charge on any atom is -0.368 e. The number of benzene rings is 2. The molecule has 2 aromatic carbocycles. The largest absolute Gasteiger partial charge is 0.416 e. The van der Waals surface area contributed by atoms with E-state index in [1.165, 1.54) is 24.3 Å². The number of piperazine rings is 1. The number of nitrogens with zero attached hydrogens (tertiary/aromatic N) is 6. The Bertz CT molecular complexity index is 1340. The van der Waals surface area contributed by atoms with E-state index in [1.807, 2.05) is 22.9 Å². The Hall–Kier alpha value is -3.95. The lowest BCUT2D eigenvalue weighted by atomic mass is 10.1. The lowest BCUT2D eigenvalue weighted by Gasteiger charge is -2.36. The van der Waals surface area contributed by atoms with Crippen LogP contribution in [0.2, 0.25) is 0 Å². The van der Waals surface area contributed by atoms with Crippen molar-refractivity contribution in [3.05, 3.63) is 84.1 Å². The number of hydrogen-bond donors (Lipinski definition) is 0.